The van der Waals surface area contributed by atoms with Gasteiger partial charge in [0.1, 0.15) is 0 Å². The summed E-state index contributed by atoms with van der Waals surface area (Å²) in [6.07, 6.45) is 0. The third-order valence-electron chi connectivity index (χ3n) is 1.85. The normalized spacial score (nSPS) is 10.0. The van der Waals surface area contributed by atoms with E-state index in [1.54, 1.807) is 0 Å². The molecule has 0 radical (unpaired) electrons. The second-order valence-corrected chi connectivity index (χ2v) is 2.68. The first-order chi connectivity index (χ1) is 5.88. The zero-order valence-corrected chi connectivity index (χ0v) is 6.53. The SMILES string of the molecule is O=c1c2ccccc1cccc2. The predicted molar refractivity (Wildman–Crippen MR) is 50.2 cm³/mol. The highest BCUT2D eigenvalue weighted by Crippen LogP contribution is 1.99. The molecular weight excluding hydrogens is 148 g/mol. The van der Waals surface area contributed by atoms with Crippen LogP contribution < -0.4 is 5.43 Å². The van der Waals surface area contributed by atoms with Gasteiger partial charge in [-0.3, -0.25) is 4.79 Å². The van der Waals surface area contributed by atoms with Gasteiger partial charge in [0.05, 0.1) is 0 Å². The lowest BCUT2D eigenvalue weighted by Gasteiger charge is -1.75. The minimum atomic E-state index is 0.102. The van der Waals surface area contributed by atoms with Gasteiger partial charge in [-0.1, -0.05) is 48.5 Å². The van der Waals surface area contributed by atoms with Crippen LogP contribution in [0, 0.1) is 0 Å². The van der Waals surface area contributed by atoms with Crippen molar-refractivity contribution in [2.45, 2.75) is 0 Å². The van der Waals surface area contributed by atoms with Crippen LogP contribution in [0.4, 0.5) is 0 Å². The van der Waals surface area contributed by atoms with E-state index in [1.807, 2.05) is 48.5 Å². The molecule has 0 aliphatic carbocycles. The first-order valence-corrected chi connectivity index (χ1v) is 3.86. The highest BCUT2D eigenvalue weighted by molar-refractivity contribution is 5.65. The summed E-state index contributed by atoms with van der Waals surface area (Å²) >= 11 is 0. The molecule has 0 aliphatic rings. The van der Waals surface area contributed by atoms with E-state index < -0.39 is 0 Å². The molecule has 0 N–H and O–H groups in total. The first-order valence-electron chi connectivity index (χ1n) is 3.86. The van der Waals surface area contributed by atoms with Crippen molar-refractivity contribution in [3.8, 4) is 0 Å². The molecule has 12 heavy (non-hydrogen) atoms. The van der Waals surface area contributed by atoms with E-state index in [0.29, 0.717) is 0 Å². The fraction of sp³-hybridized carbons (Fsp3) is 0. The number of hydrogen-bond acceptors (Lipinski definition) is 1. The van der Waals surface area contributed by atoms with Crippen molar-refractivity contribution in [3.05, 3.63) is 58.8 Å². The van der Waals surface area contributed by atoms with E-state index in [2.05, 4.69) is 0 Å². The van der Waals surface area contributed by atoms with Crippen molar-refractivity contribution in [1.29, 1.82) is 0 Å². The van der Waals surface area contributed by atoms with Crippen molar-refractivity contribution in [2.24, 2.45) is 0 Å². The van der Waals surface area contributed by atoms with E-state index in [9.17, 15) is 4.79 Å². The summed E-state index contributed by atoms with van der Waals surface area (Å²) in [6.45, 7) is 0. The van der Waals surface area contributed by atoms with Crippen molar-refractivity contribution < 1.29 is 0 Å². The minimum absolute atomic E-state index is 0.102. The molecule has 0 atom stereocenters. The summed E-state index contributed by atoms with van der Waals surface area (Å²) in [5.41, 5.74) is 0.102. The van der Waals surface area contributed by atoms with Gasteiger partial charge < -0.3 is 0 Å². The Balaban J connectivity index is 3.14. The largest absolute Gasteiger partial charge is 0.289 e. The molecule has 0 saturated carbocycles. The van der Waals surface area contributed by atoms with E-state index >= 15 is 0 Å². The molecule has 2 aromatic carbocycles. The van der Waals surface area contributed by atoms with Crippen molar-refractivity contribution in [3.63, 3.8) is 0 Å². The molecule has 0 unspecified atom stereocenters. The summed E-state index contributed by atoms with van der Waals surface area (Å²) in [5.74, 6) is 0. The van der Waals surface area contributed by atoms with Gasteiger partial charge >= 0.3 is 0 Å². The third-order valence-corrected chi connectivity index (χ3v) is 1.85. The van der Waals surface area contributed by atoms with E-state index in [-0.39, 0.29) is 5.43 Å². The standard InChI is InChI=1S/C11H8O/c12-11-9-5-1-2-6-10(11)8-4-3-7-9/h1-8H. The molecule has 0 spiro atoms. The van der Waals surface area contributed by atoms with Crippen LogP contribution in [0.1, 0.15) is 0 Å². The molecule has 0 aromatic heterocycles. The summed E-state index contributed by atoms with van der Waals surface area (Å²) in [5, 5.41) is 1.50. The Morgan fingerprint density at radius 1 is 0.667 bits per heavy atom. The highest BCUT2D eigenvalue weighted by Gasteiger charge is 1.91. The smallest absolute Gasteiger partial charge is 0.193 e. The monoisotopic (exact) mass is 156 g/mol. The Labute approximate surface area is 70.3 Å². The molecule has 0 aliphatic heterocycles. The van der Waals surface area contributed by atoms with Gasteiger partial charge in [-0.25, -0.2) is 0 Å². The van der Waals surface area contributed by atoms with Crippen molar-refractivity contribution in [2.75, 3.05) is 0 Å². The average Bonchev–Trinajstić information content (AvgIpc) is 2.37. The quantitative estimate of drug-likeness (QED) is 0.571. The topological polar surface area (TPSA) is 17.1 Å². The predicted octanol–water partition coefficient (Wildman–Crippen LogP) is 2.20. The minimum Gasteiger partial charge on any atom is -0.289 e. The summed E-state index contributed by atoms with van der Waals surface area (Å²) in [7, 11) is 0. The van der Waals surface area contributed by atoms with Crippen molar-refractivity contribution >= 4 is 10.8 Å². The zero-order valence-electron chi connectivity index (χ0n) is 6.53. The van der Waals surface area contributed by atoms with Gasteiger partial charge in [0.25, 0.3) is 0 Å². The van der Waals surface area contributed by atoms with Gasteiger partial charge in [-0.2, -0.15) is 0 Å². The Morgan fingerprint density at radius 2 is 1.00 bits per heavy atom. The van der Waals surface area contributed by atoms with Crippen LogP contribution in [0.15, 0.2) is 53.3 Å². The maximum Gasteiger partial charge on any atom is 0.193 e. The lowest BCUT2D eigenvalue weighted by molar-refractivity contribution is 1.83. The van der Waals surface area contributed by atoms with Crippen LogP contribution in [-0.4, -0.2) is 0 Å². The van der Waals surface area contributed by atoms with Crippen LogP contribution in [-0.2, 0) is 0 Å². The maximum atomic E-state index is 11.6. The lowest BCUT2D eigenvalue weighted by atomic mass is 10.3. The van der Waals surface area contributed by atoms with Gasteiger partial charge in [0.15, 0.2) is 5.43 Å². The average molecular weight is 156 g/mol. The molecule has 0 heterocycles. The Hall–Kier alpha value is -1.63. The van der Waals surface area contributed by atoms with E-state index in [1.165, 1.54) is 0 Å². The van der Waals surface area contributed by atoms with E-state index in [0.717, 1.165) is 10.8 Å². The highest BCUT2D eigenvalue weighted by atomic mass is 16.1. The summed E-state index contributed by atoms with van der Waals surface area (Å²) < 4.78 is 0. The van der Waals surface area contributed by atoms with Crippen molar-refractivity contribution in [1.82, 2.24) is 0 Å². The van der Waals surface area contributed by atoms with E-state index in [4.69, 9.17) is 0 Å². The second kappa shape index (κ2) is 2.78. The third kappa shape index (κ3) is 1.10. The van der Waals surface area contributed by atoms with Gasteiger partial charge in [-0.05, 0) is 0 Å². The lowest BCUT2D eigenvalue weighted by Crippen LogP contribution is -1.93. The molecule has 1 heteroatoms. The van der Waals surface area contributed by atoms with Crippen LogP contribution in [0.3, 0.4) is 0 Å². The number of fused-ring (bicyclic) bond motifs is 2. The fourth-order valence-corrected chi connectivity index (χ4v) is 1.22. The Kier molecular flexibility index (Phi) is 1.63. The molecule has 1 nitrogen and oxygen atoms in total. The molecule has 0 saturated heterocycles. The first kappa shape index (κ1) is 7.04. The Morgan fingerprint density at radius 3 is 1.33 bits per heavy atom. The molecule has 2 aromatic rings. The summed E-state index contributed by atoms with van der Waals surface area (Å²) in [6, 6.07) is 14.8. The van der Waals surface area contributed by atoms with Gasteiger partial charge in [0.2, 0.25) is 0 Å². The molecule has 58 valence electrons. The summed E-state index contributed by atoms with van der Waals surface area (Å²) in [4.78, 5) is 11.6. The fourth-order valence-electron chi connectivity index (χ4n) is 1.22. The number of hydrogen-bond donors (Lipinski definition) is 0. The zero-order chi connectivity index (χ0) is 8.39. The second-order valence-electron chi connectivity index (χ2n) is 2.68. The molecule has 2 rings (SSSR count). The molecule has 0 fully saturated rings. The van der Waals surface area contributed by atoms with Crippen LogP contribution in [0.5, 0.6) is 0 Å². The van der Waals surface area contributed by atoms with Crippen LogP contribution >= 0.6 is 0 Å². The van der Waals surface area contributed by atoms with Gasteiger partial charge in [-0.15, -0.1) is 0 Å². The molecule has 0 amide bonds. The van der Waals surface area contributed by atoms with Crippen LogP contribution in [0.2, 0.25) is 0 Å². The molecule has 2 bridgehead atoms. The molecular formula is C11H8O. The number of rotatable bonds is 0. The Bertz CT molecular complexity index is 388. The van der Waals surface area contributed by atoms with Crippen LogP contribution in [0.25, 0.3) is 10.8 Å². The van der Waals surface area contributed by atoms with Gasteiger partial charge in [0, 0.05) is 10.8 Å². The maximum absolute atomic E-state index is 11.6.